The first-order chi connectivity index (χ1) is 12.4. The Bertz CT molecular complexity index is 859. The molecule has 1 aliphatic heterocycles. The lowest BCUT2D eigenvalue weighted by Gasteiger charge is -2.28. The van der Waals surface area contributed by atoms with Crippen LogP contribution in [0.1, 0.15) is 29.0 Å². The number of aliphatic hydroxyl groups is 1. The van der Waals surface area contributed by atoms with Gasteiger partial charge in [0.1, 0.15) is 5.58 Å². The second-order valence-electron chi connectivity index (χ2n) is 7.43. The topological polar surface area (TPSA) is 74.0 Å². The summed E-state index contributed by atoms with van der Waals surface area (Å²) in [6.45, 7) is 2.98. The number of aryl methyl sites for hydroxylation is 1. The van der Waals surface area contributed by atoms with E-state index in [1.807, 2.05) is 27.1 Å². The average molecular weight is 358 g/mol. The Hall–Kier alpha value is -2.18. The molecule has 0 aliphatic carbocycles. The van der Waals surface area contributed by atoms with E-state index < -0.39 is 0 Å². The first kappa shape index (κ1) is 18.6. The van der Waals surface area contributed by atoms with Gasteiger partial charge in [0, 0.05) is 31.8 Å². The maximum Gasteiger partial charge on any atom is 0.289 e. The van der Waals surface area contributed by atoms with E-state index in [1.54, 1.807) is 17.0 Å². The van der Waals surface area contributed by atoms with Crippen LogP contribution in [0.15, 0.2) is 33.5 Å². The first-order valence-corrected chi connectivity index (χ1v) is 9.00. The van der Waals surface area contributed by atoms with Crippen LogP contribution in [-0.4, -0.2) is 60.6 Å². The summed E-state index contributed by atoms with van der Waals surface area (Å²) in [5.41, 5.74) is 1.18. The minimum atomic E-state index is -0.294. The lowest BCUT2D eigenvalue weighted by molar-refractivity contribution is 0.0658. The molecule has 0 unspecified atom stereocenters. The predicted octanol–water partition coefficient (Wildman–Crippen LogP) is 1.88. The number of aliphatic hydroxyl groups excluding tert-OH is 1. The van der Waals surface area contributed by atoms with Crippen LogP contribution < -0.4 is 5.43 Å². The summed E-state index contributed by atoms with van der Waals surface area (Å²) in [5.74, 6) is -0.194. The van der Waals surface area contributed by atoms with E-state index in [4.69, 9.17) is 4.42 Å². The van der Waals surface area contributed by atoms with E-state index in [0.29, 0.717) is 24.1 Å². The zero-order valence-electron chi connectivity index (χ0n) is 15.6. The molecule has 2 heterocycles. The van der Waals surface area contributed by atoms with Crippen molar-refractivity contribution in [1.29, 1.82) is 0 Å². The average Bonchev–Trinajstić information content (AvgIpc) is 2.83. The van der Waals surface area contributed by atoms with Crippen molar-refractivity contribution in [3.05, 3.63) is 45.8 Å². The Kier molecular flexibility index (Phi) is 5.44. The molecule has 1 saturated heterocycles. The number of nitrogens with zero attached hydrogens (tertiary/aromatic N) is 2. The van der Waals surface area contributed by atoms with Crippen molar-refractivity contribution in [2.75, 3.05) is 33.8 Å². The molecule has 2 atom stereocenters. The molecule has 1 aliphatic rings. The molecule has 0 bridgehead atoms. The van der Waals surface area contributed by atoms with Gasteiger partial charge in [0.05, 0.1) is 5.39 Å². The molecule has 6 nitrogen and oxygen atoms in total. The summed E-state index contributed by atoms with van der Waals surface area (Å²) >= 11 is 0. The highest BCUT2D eigenvalue weighted by atomic mass is 16.3. The molecule has 1 amide bonds. The van der Waals surface area contributed by atoms with Gasteiger partial charge in [-0.2, -0.15) is 0 Å². The third-order valence-corrected chi connectivity index (χ3v) is 5.19. The van der Waals surface area contributed by atoms with E-state index in [-0.39, 0.29) is 35.7 Å². The largest absolute Gasteiger partial charge is 0.451 e. The van der Waals surface area contributed by atoms with Crippen molar-refractivity contribution in [2.45, 2.75) is 25.8 Å². The second-order valence-corrected chi connectivity index (χ2v) is 7.43. The summed E-state index contributed by atoms with van der Waals surface area (Å²) in [6.07, 6.45) is 1.78. The van der Waals surface area contributed by atoms with Crippen molar-refractivity contribution in [3.8, 4) is 0 Å². The molecule has 1 aromatic carbocycles. The molecule has 1 fully saturated rings. The van der Waals surface area contributed by atoms with Crippen LogP contribution in [0, 0.1) is 12.8 Å². The number of fused-ring (bicyclic) bond motifs is 1. The Balaban J connectivity index is 1.95. The van der Waals surface area contributed by atoms with E-state index in [9.17, 15) is 14.7 Å². The molecular weight excluding hydrogens is 332 g/mol. The van der Waals surface area contributed by atoms with Crippen molar-refractivity contribution >= 4 is 16.9 Å². The standard InChI is InChI=1S/C20H26N2O4/c1-13-4-7-16-17(24)9-19(26-18(16)8-13)20(25)22-10-14(12-23)5-6-15(11-22)21(2)3/h4,7-9,14-15,23H,5-6,10-12H2,1-3H3/t14-,15+/m0/s1. The number of likely N-dealkylation sites (tertiary alicyclic amines) is 1. The van der Waals surface area contributed by atoms with Crippen LogP contribution in [0.25, 0.3) is 11.0 Å². The molecule has 6 heteroatoms. The summed E-state index contributed by atoms with van der Waals surface area (Å²) in [7, 11) is 3.98. The first-order valence-electron chi connectivity index (χ1n) is 9.00. The van der Waals surface area contributed by atoms with Gasteiger partial charge in [0.2, 0.25) is 0 Å². The summed E-state index contributed by atoms with van der Waals surface area (Å²) in [4.78, 5) is 29.2. The maximum absolute atomic E-state index is 13.1. The van der Waals surface area contributed by atoms with Crippen molar-refractivity contribution in [2.24, 2.45) is 5.92 Å². The quantitative estimate of drug-likeness (QED) is 0.907. The molecule has 0 radical (unpaired) electrons. The molecule has 1 N–H and O–H groups in total. The van der Waals surface area contributed by atoms with Crippen molar-refractivity contribution in [1.82, 2.24) is 9.80 Å². The summed E-state index contributed by atoms with van der Waals surface area (Å²) in [6, 6.07) is 6.84. The molecule has 0 saturated carbocycles. The highest BCUT2D eigenvalue weighted by molar-refractivity contribution is 5.93. The van der Waals surface area contributed by atoms with Crippen LogP contribution >= 0.6 is 0 Å². The van der Waals surface area contributed by atoms with Gasteiger partial charge >= 0.3 is 0 Å². The Morgan fingerprint density at radius 1 is 1.27 bits per heavy atom. The van der Waals surface area contributed by atoms with Gasteiger partial charge in [-0.3, -0.25) is 9.59 Å². The zero-order chi connectivity index (χ0) is 18.8. The number of amides is 1. The van der Waals surface area contributed by atoms with Crippen LogP contribution in [0.2, 0.25) is 0 Å². The Morgan fingerprint density at radius 3 is 2.73 bits per heavy atom. The summed E-state index contributed by atoms with van der Waals surface area (Å²) < 4.78 is 5.78. The fourth-order valence-corrected chi connectivity index (χ4v) is 3.51. The number of likely N-dealkylation sites (N-methyl/N-ethyl adjacent to an activating group) is 1. The number of hydrogen-bond donors (Lipinski definition) is 1. The molecular formula is C20H26N2O4. The third-order valence-electron chi connectivity index (χ3n) is 5.19. The number of rotatable bonds is 3. The lowest BCUT2D eigenvalue weighted by Crippen LogP contribution is -2.43. The van der Waals surface area contributed by atoms with E-state index in [2.05, 4.69) is 4.90 Å². The Morgan fingerprint density at radius 2 is 2.04 bits per heavy atom. The molecule has 140 valence electrons. The molecule has 1 aromatic heterocycles. The molecule has 3 rings (SSSR count). The minimum absolute atomic E-state index is 0.0401. The van der Waals surface area contributed by atoms with E-state index in [1.165, 1.54) is 6.07 Å². The van der Waals surface area contributed by atoms with Gasteiger partial charge in [-0.25, -0.2) is 0 Å². The van der Waals surface area contributed by atoms with Gasteiger partial charge in [0.15, 0.2) is 11.2 Å². The Labute approximate surface area is 153 Å². The van der Waals surface area contributed by atoms with Crippen LogP contribution in [0.4, 0.5) is 0 Å². The maximum atomic E-state index is 13.1. The number of benzene rings is 1. The normalized spacial score (nSPS) is 21.2. The number of carbonyl (C=O) groups is 1. The van der Waals surface area contributed by atoms with Crippen LogP contribution in [0.3, 0.4) is 0 Å². The zero-order valence-corrected chi connectivity index (χ0v) is 15.6. The van der Waals surface area contributed by atoms with E-state index >= 15 is 0 Å². The van der Waals surface area contributed by atoms with E-state index in [0.717, 1.165) is 18.4 Å². The predicted molar refractivity (Wildman–Crippen MR) is 100 cm³/mol. The van der Waals surface area contributed by atoms with Gasteiger partial charge in [-0.1, -0.05) is 6.07 Å². The number of hydrogen-bond acceptors (Lipinski definition) is 5. The van der Waals surface area contributed by atoms with Crippen LogP contribution in [-0.2, 0) is 0 Å². The third kappa shape index (κ3) is 3.81. The van der Waals surface area contributed by atoms with Gasteiger partial charge < -0.3 is 19.3 Å². The van der Waals surface area contributed by atoms with Crippen molar-refractivity contribution in [3.63, 3.8) is 0 Å². The SMILES string of the molecule is Cc1ccc2c(=O)cc(C(=O)N3C[C@@H](CO)CC[C@@H](N(C)C)C3)oc2c1. The van der Waals surface area contributed by atoms with Gasteiger partial charge in [-0.05, 0) is 57.5 Å². The smallest absolute Gasteiger partial charge is 0.289 e. The lowest BCUT2D eigenvalue weighted by atomic mass is 10.0. The van der Waals surface area contributed by atoms with Crippen LogP contribution in [0.5, 0.6) is 0 Å². The monoisotopic (exact) mass is 358 g/mol. The second kappa shape index (κ2) is 7.60. The van der Waals surface area contributed by atoms with Crippen molar-refractivity contribution < 1.29 is 14.3 Å². The summed E-state index contributed by atoms with van der Waals surface area (Å²) in [5, 5.41) is 10.1. The fourth-order valence-electron chi connectivity index (χ4n) is 3.51. The fraction of sp³-hybridized carbons (Fsp3) is 0.500. The number of carbonyl (C=O) groups excluding carboxylic acids is 1. The molecule has 2 aromatic rings. The molecule has 26 heavy (non-hydrogen) atoms. The highest BCUT2D eigenvalue weighted by Crippen LogP contribution is 2.22. The highest BCUT2D eigenvalue weighted by Gasteiger charge is 2.29. The van der Waals surface area contributed by atoms with Gasteiger partial charge in [0.25, 0.3) is 5.91 Å². The molecule has 0 spiro atoms. The minimum Gasteiger partial charge on any atom is -0.451 e. The van der Waals surface area contributed by atoms with Gasteiger partial charge in [-0.15, -0.1) is 0 Å².